The Labute approximate surface area is 93.4 Å². The molecule has 1 aromatic carbocycles. The molecule has 1 nitrogen and oxygen atoms in total. The summed E-state index contributed by atoms with van der Waals surface area (Å²) in [6.07, 6.45) is 1.94. The van der Waals surface area contributed by atoms with Crippen LogP contribution in [0.2, 0.25) is 0 Å². The van der Waals surface area contributed by atoms with Gasteiger partial charge < -0.3 is 4.90 Å². The zero-order valence-electron chi connectivity index (χ0n) is 10.2. The zero-order valence-corrected chi connectivity index (χ0v) is 10.2. The van der Waals surface area contributed by atoms with E-state index in [0.29, 0.717) is 5.92 Å². The molecule has 0 spiro atoms. The van der Waals surface area contributed by atoms with Crippen LogP contribution in [0.4, 0.5) is 0 Å². The molecule has 0 radical (unpaired) electrons. The summed E-state index contributed by atoms with van der Waals surface area (Å²) in [7, 11) is 4.19. The van der Waals surface area contributed by atoms with Crippen molar-refractivity contribution in [2.75, 3.05) is 14.1 Å². The van der Waals surface area contributed by atoms with Gasteiger partial charge in [0.05, 0.1) is 0 Å². The van der Waals surface area contributed by atoms with Crippen molar-refractivity contribution in [1.82, 2.24) is 4.90 Å². The SMILES string of the molecule is C=Cc1ccc(CN(C)C)cc1C(C)C. The number of rotatable bonds is 4. The van der Waals surface area contributed by atoms with Crippen molar-refractivity contribution in [3.63, 3.8) is 0 Å². The maximum Gasteiger partial charge on any atom is 0.0227 e. The normalized spacial score (nSPS) is 11.1. The van der Waals surface area contributed by atoms with Gasteiger partial charge in [-0.25, -0.2) is 0 Å². The Morgan fingerprint density at radius 3 is 2.47 bits per heavy atom. The van der Waals surface area contributed by atoms with Crippen molar-refractivity contribution in [2.45, 2.75) is 26.3 Å². The van der Waals surface area contributed by atoms with E-state index in [1.54, 1.807) is 0 Å². The maximum atomic E-state index is 3.85. The Kier molecular flexibility index (Phi) is 4.10. The minimum Gasteiger partial charge on any atom is -0.305 e. The highest BCUT2D eigenvalue weighted by molar-refractivity contribution is 5.53. The van der Waals surface area contributed by atoms with Gasteiger partial charge in [-0.2, -0.15) is 0 Å². The first kappa shape index (κ1) is 12.0. The molecule has 0 fully saturated rings. The summed E-state index contributed by atoms with van der Waals surface area (Å²) in [6.45, 7) is 9.30. The molecule has 1 rings (SSSR count). The molecule has 0 aliphatic carbocycles. The monoisotopic (exact) mass is 203 g/mol. The third-order valence-corrected chi connectivity index (χ3v) is 2.49. The lowest BCUT2D eigenvalue weighted by Gasteiger charge is -2.15. The van der Waals surface area contributed by atoms with Crippen molar-refractivity contribution in [3.8, 4) is 0 Å². The van der Waals surface area contributed by atoms with Crippen LogP contribution in [0.5, 0.6) is 0 Å². The molecule has 0 aromatic heterocycles. The van der Waals surface area contributed by atoms with Crippen LogP contribution in [0.3, 0.4) is 0 Å². The van der Waals surface area contributed by atoms with Crippen molar-refractivity contribution in [1.29, 1.82) is 0 Å². The average molecular weight is 203 g/mol. The van der Waals surface area contributed by atoms with E-state index >= 15 is 0 Å². The lowest BCUT2D eigenvalue weighted by atomic mass is 9.95. The average Bonchev–Trinajstić information content (AvgIpc) is 2.16. The second-order valence-corrected chi connectivity index (χ2v) is 4.56. The molecular formula is C14H21N. The molecule has 0 amide bonds. The minimum absolute atomic E-state index is 0.556. The second kappa shape index (κ2) is 5.13. The second-order valence-electron chi connectivity index (χ2n) is 4.56. The van der Waals surface area contributed by atoms with Crippen LogP contribution >= 0.6 is 0 Å². The number of hydrogen-bond donors (Lipinski definition) is 0. The van der Waals surface area contributed by atoms with Gasteiger partial charge in [0.15, 0.2) is 0 Å². The summed E-state index contributed by atoms with van der Waals surface area (Å²) >= 11 is 0. The van der Waals surface area contributed by atoms with Crippen LogP contribution in [0, 0.1) is 0 Å². The van der Waals surface area contributed by atoms with Crippen LogP contribution < -0.4 is 0 Å². The van der Waals surface area contributed by atoms with Crippen molar-refractivity contribution in [2.24, 2.45) is 0 Å². The van der Waals surface area contributed by atoms with Crippen molar-refractivity contribution >= 4 is 6.08 Å². The van der Waals surface area contributed by atoms with Gasteiger partial charge in [-0.3, -0.25) is 0 Å². The van der Waals surface area contributed by atoms with Gasteiger partial charge in [0.2, 0.25) is 0 Å². The quantitative estimate of drug-likeness (QED) is 0.723. The predicted octanol–water partition coefficient (Wildman–Crippen LogP) is 3.51. The summed E-state index contributed by atoms with van der Waals surface area (Å²) < 4.78 is 0. The number of benzene rings is 1. The first-order chi connectivity index (χ1) is 7.04. The fourth-order valence-corrected chi connectivity index (χ4v) is 1.77. The van der Waals surface area contributed by atoms with Crippen LogP contribution in [-0.4, -0.2) is 19.0 Å². The molecule has 0 aliphatic rings. The molecule has 0 saturated carbocycles. The van der Waals surface area contributed by atoms with Gasteiger partial charge in [-0.1, -0.05) is 44.7 Å². The van der Waals surface area contributed by atoms with Crippen LogP contribution in [0.1, 0.15) is 36.5 Å². The molecule has 1 heteroatoms. The van der Waals surface area contributed by atoms with Gasteiger partial charge in [-0.05, 0) is 36.7 Å². The van der Waals surface area contributed by atoms with Gasteiger partial charge in [0.1, 0.15) is 0 Å². The first-order valence-electron chi connectivity index (χ1n) is 5.44. The Morgan fingerprint density at radius 2 is 2.00 bits per heavy atom. The predicted molar refractivity (Wildman–Crippen MR) is 68.0 cm³/mol. The fraction of sp³-hybridized carbons (Fsp3) is 0.429. The summed E-state index contributed by atoms with van der Waals surface area (Å²) in [4.78, 5) is 2.19. The molecular weight excluding hydrogens is 182 g/mol. The van der Waals surface area contributed by atoms with Crippen LogP contribution in [0.25, 0.3) is 6.08 Å². The molecule has 0 saturated heterocycles. The van der Waals surface area contributed by atoms with Crippen molar-refractivity contribution < 1.29 is 0 Å². The minimum atomic E-state index is 0.556. The summed E-state index contributed by atoms with van der Waals surface area (Å²) in [5.74, 6) is 0.556. The van der Waals surface area contributed by atoms with Crippen molar-refractivity contribution in [3.05, 3.63) is 41.5 Å². The summed E-state index contributed by atoms with van der Waals surface area (Å²) in [6, 6.07) is 6.64. The molecule has 0 unspecified atom stereocenters. The van der Waals surface area contributed by atoms with E-state index in [2.05, 4.69) is 57.6 Å². The van der Waals surface area contributed by atoms with Gasteiger partial charge >= 0.3 is 0 Å². The standard InChI is InChI=1S/C14H21N/c1-6-13-8-7-12(10-15(4)5)9-14(13)11(2)3/h6-9,11H,1,10H2,2-5H3. The zero-order chi connectivity index (χ0) is 11.4. The Bertz CT molecular complexity index is 337. The van der Waals surface area contributed by atoms with E-state index in [-0.39, 0.29) is 0 Å². The molecule has 82 valence electrons. The highest BCUT2D eigenvalue weighted by Gasteiger charge is 2.05. The third-order valence-electron chi connectivity index (χ3n) is 2.49. The lowest BCUT2D eigenvalue weighted by molar-refractivity contribution is 0.402. The first-order valence-corrected chi connectivity index (χ1v) is 5.44. The molecule has 15 heavy (non-hydrogen) atoms. The largest absolute Gasteiger partial charge is 0.305 e. The van der Waals surface area contributed by atoms with E-state index in [1.165, 1.54) is 16.7 Å². The highest BCUT2D eigenvalue weighted by atomic mass is 15.0. The Morgan fingerprint density at radius 1 is 1.33 bits per heavy atom. The van der Waals surface area contributed by atoms with E-state index in [4.69, 9.17) is 0 Å². The molecule has 0 aliphatic heterocycles. The molecule has 0 heterocycles. The van der Waals surface area contributed by atoms with Gasteiger partial charge in [-0.15, -0.1) is 0 Å². The fourth-order valence-electron chi connectivity index (χ4n) is 1.77. The third kappa shape index (κ3) is 3.21. The van der Waals surface area contributed by atoms with Crippen LogP contribution in [-0.2, 0) is 6.54 Å². The topological polar surface area (TPSA) is 3.24 Å². The number of hydrogen-bond acceptors (Lipinski definition) is 1. The summed E-state index contributed by atoms with van der Waals surface area (Å²) in [5, 5.41) is 0. The maximum absolute atomic E-state index is 3.85. The van der Waals surface area contributed by atoms with Gasteiger partial charge in [0, 0.05) is 6.54 Å². The Balaban J connectivity index is 3.04. The number of nitrogens with zero attached hydrogens (tertiary/aromatic N) is 1. The molecule has 1 aromatic rings. The molecule has 0 bridgehead atoms. The molecule has 0 N–H and O–H groups in total. The van der Waals surface area contributed by atoms with E-state index in [1.807, 2.05) is 6.08 Å². The van der Waals surface area contributed by atoms with E-state index in [9.17, 15) is 0 Å². The van der Waals surface area contributed by atoms with E-state index < -0.39 is 0 Å². The smallest absolute Gasteiger partial charge is 0.0227 e. The Hall–Kier alpha value is -1.08. The molecule has 0 atom stereocenters. The highest BCUT2D eigenvalue weighted by Crippen LogP contribution is 2.22. The van der Waals surface area contributed by atoms with E-state index in [0.717, 1.165) is 6.54 Å². The van der Waals surface area contributed by atoms with Gasteiger partial charge in [0.25, 0.3) is 0 Å². The summed E-state index contributed by atoms with van der Waals surface area (Å²) in [5.41, 5.74) is 4.02. The van der Waals surface area contributed by atoms with Crippen LogP contribution in [0.15, 0.2) is 24.8 Å². The lowest BCUT2D eigenvalue weighted by Crippen LogP contribution is -2.11.